The molecule has 0 aromatic carbocycles. The van der Waals surface area contributed by atoms with Gasteiger partial charge in [0, 0.05) is 6.04 Å². The van der Waals surface area contributed by atoms with Crippen LogP contribution in [0, 0.1) is 6.92 Å². The molecule has 0 bridgehead atoms. The number of carboxylic acids is 1. The SMILES string of the molecule is Cc1noc(N(C2CC2)C(C)(C)C(=O)O)n1. The number of aromatic nitrogens is 2. The fraction of sp³-hybridized carbons (Fsp3) is 0.700. The Morgan fingerprint density at radius 1 is 1.56 bits per heavy atom. The zero-order chi connectivity index (χ0) is 11.9. The predicted octanol–water partition coefficient (Wildman–Crippen LogP) is 1.21. The van der Waals surface area contributed by atoms with Crippen molar-refractivity contribution in [2.24, 2.45) is 0 Å². The molecule has 16 heavy (non-hydrogen) atoms. The van der Waals surface area contributed by atoms with Gasteiger partial charge in [-0.25, -0.2) is 4.79 Å². The van der Waals surface area contributed by atoms with Crippen molar-refractivity contribution < 1.29 is 14.4 Å². The van der Waals surface area contributed by atoms with Crippen LogP contribution in [0.2, 0.25) is 0 Å². The summed E-state index contributed by atoms with van der Waals surface area (Å²) in [5, 5.41) is 12.9. The van der Waals surface area contributed by atoms with Crippen LogP contribution in [0.4, 0.5) is 6.01 Å². The molecule has 1 aliphatic carbocycles. The van der Waals surface area contributed by atoms with Gasteiger partial charge in [0.05, 0.1) is 0 Å². The van der Waals surface area contributed by atoms with Crippen molar-refractivity contribution in [2.45, 2.75) is 45.2 Å². The zero-order valence-corrected chi connectivity index (χ0v) is 9.60. The third-order valence-electron chi connectivity index (χ3n) is 2.76. The first-order chi connectivity index (χ1) is 7.43. The molecule has 0 aliphatic heterocycles. The summed E-state index contributed by atoms with van der Waals surface area (Å²) in [5.74, 6) is -0.378. The molecule has 0 saturated heterocycles. The minimum absolute atomic E-state index is 0.200. The Labute approximate surface area is 93.2 Å². The molecule has 1 N–H and O–H groups in total. The maximum Gasteiger partial charge on any atom is 0.329 e. The first-order valence-corrected chi connectivity index (χ1v) is 5.26. The van der Waals surface area contributed by atoms with Gasteiger partial charge in [0.25, 0.3) is 0 Å². The van der Waals surface area contributed by atoms with Gasteiger partial charge >= 0.3 is 12.0 Å². The highest BCUT2D eigenvalue weighted by Gasteiger charge is 2.45. The van der Waals surface area contributed by atoms with E-state index in [1.165, 1.54) is 0 Å². The van der Waals surface area contributed by atoms with E-state index in [4.69, 9.17) is 4.52 Å². The maximum atomic E-state index is 11.2. The Morgan fingerprint density at radius 3 is 2.56 bits per heavy atom. The smallest absolute Gasteiger partial charge is 0.329 e. The van der Waals surface area contributed by atoms with Crippen molar-refractivity contribution in [1.29, 1.82) is 0 Å². The second kappa shape index (κ2) is 3.47. The largest absolute Gasteiger partial charge is 0.480 e. The van der Waals surface area contributed by atoms with Crippen LogP contribution < -0.4 is 4.90 Å². The number of carboxylic acid groups (broad SMARTS) is 1. The Kier molecular flexibility index (Phi) is 2.36. The second-order valence-corrected chi connectivity index (χ2v) is 4.59. The van der Waals surface area contributed by atoms with Gasteiger partial charge in [-0.05, 0) is 33.6 Å². The molecule has 1 aliphatic rings. The fourth-order valence-corrected chi connectivity index (χ4v) is 1.67. The number of carbonyl (C=O) groups is 1. The number of nitrogens with zero attached hydrogens (tertiary/aromatic N) is 3. The summed E-state index contributed by atoms with van der Waals surface area (Å²) >= 11 is 0. The van der Waals surface area contributed by atoms with Crippen molar-refractivity contribution in [2.75, 3.05) is 4.90 Å². The molecule has 0 unspecified atom stereocenters. The quantitative estimate of drug-likeness (QED) is 0.829. The molecule has 88 valence electrons. The summed E-state index contributed by atoms with van der Waals surface area (Å²) < 4.78 is 5.07. The van der Waals surface area contributed by atoms with E-state index in [-0.39, 0.29) is 6.04 Å². The standard InChI is InChI=1S/C10H15N3O3/c1-6-11-9(16-12-6)13(7-4-5-7)10(2,3)8(14)15/h7H,4-5H2,1-3H3,(H,14,15). The van der Waals surface area contributed by atoms with Gasteiger partial charge in [-0.1, -0.05) is 5.16 Å². The molecule has 1 heterocycles. The predicted molar refractivity (Wildman–Crippen MR) is 56.3 cm³/mol. The van der Waals surface area contributed by atoms with Gasteiger partial charge < -0.3 is 14.5 Å². The Balaban J connectivity index is 2.34. The van der Waals surface area contributed by atoms with Gasteiger partial charge in [-0.15, -0.1) is 0 Å². The third-order valence-corrected chi connectivity index (χ3v) is 2.76. The number of hydrogen-bond donors (Lipinski definition) is 1. The summed E-state index contributed by atoms with van der Waals surface area (Å²) in [4.78, 5) is 17.1. The summed E-state index contributed by atoms with van der Waals surface area (Å²) in [7, 11) is 0. The molecule has 1 aromatic rings. The van der Waals surface area contributed by atoms with Crippen LogP contribution in [0.25, 0.3) is 0 Å². The van der Waals surface area contributed by atoms with Crippen LogP contribution >= 0.6 is 0 Å². The van der Waals surface area contributed by atoms with Crippen molar-refractivity contribution in [3.8, 4) is 0 Å². The maximum absolute atomic E-state index is 11.2. The molecule has 6 nitrogen and oxygen atoms in total. The summed E-state index contributed by atoms with van der Waals surface area (Å²) in [6.45, 7) is 5.01. The molecule has 0 atom stereocenters. The Bertz CT molecular complexity index is 409. The average Bonchev–Trinajstić information content (AvgIpc) is 2.90. The van der Waals surface area contributed by atoms with E-state index in [1.54, 1.807) is 25.7 Å². The highest BCUT2D eigenvalue weighted by molar-refractivity contribution is 5.82. The second-order valence-electron chi connectivity index (χ2n) is 4.59. The van der Waals surface area contributed by atoms with Crippen LogP contribution in [0.3, 0.4) is 0 Å². The fourth-order valence-electron chi connectivity index (χ4n) is 1.67. The minimum Gasteiger partial charge on any atom is -0.480 e. The molecule has 0 spiro atoms. The van der Waals surface area contributed by atoms with Crippen LogP contribution in [0.1, 0.15) is 32.5 Å². The van der Waals surface area contributed by atoms with Gasteiger partial charge in [0.2, 0.25) is 0 Å². The van der Waals surface area contributed by atoms with E-state index in [2.05, 4.69) is 10.1 Å². The van der Waals surface area contributed by atoms with E-state index in [9.17, 15) is 9.90 Å². The van der Waals surface area contributed by atoms with E-state index in [1.807, 2.05) is 0 Å². The normalized spacial score (nSPS) is 16.2. The van der Waals surface area contributed by atoms with E-state index in [0.717, 1.165) is 12.8 Å². The third kappa shape index (κ3) is 1.75. The molecular weight excluding hydrogens is 210 g/mol. The first-order valence-electron chi connectivity index (χ1n) is 5.26. The molecule has 0 amide bonds. The van der Waals surface area contributed by atoms with Crippen LogP contribution in [-0.4, -0.2) is 32.8 Å². The molecule has 6 heteroatoms. The molecule has 2 rings (SSSR count). The summed E-state index contributed by atoms with van der Waals surface area (Å²) in [6.07, 6.45) is 1.94. The van der Waals surface area contributed by atoms with Crippen LogP contribution in [-0.2, 0) is 4.79 Å². The highest BCUT2D eigenvalue weighted by Crippen LogP contribution is 2.36. The van der Waals surface area contributed by atoms with Crippen LogP contribution in [0.15, 0.2) is 4.52 Å². The van der Waals surface area contributed by atoms with Crippen LogP contribution in [0.5, 0.6) is 0 Å². The van der Waals surface area contributed by atoms with Gasteiger partial charge in [0.15, 0.2) is 5.82 Å². The van der Waals surface area contributed by atoms with Crippen molar-refractivity contribution in [3.05, 3.63) is 5.82 Å². The molecule has 1 aromatic heterocycles. The topological polar surface area (TPSA) is 79.5 Å². The van der Waals surface area contributed by atoms with Gasteiger partial charge in [0.1, 0.15) is 5.54 Å². The lowest BCUT2D eigenvalue weighted by atomic mass is 10.0. The number of rotatable bonds is 4. The zero-order valence-electron chi connectivity index (χ0n) is 9.60. The molecule has 0 radical (unpaired) electrons. The molecular formula is C10H15N3O3. The first kappa shape index (κ1) is 10.9. The lowest BCUT2D eigenvalue weighted by Gasteiger charge is -2.33. The highest BCUT2D eigenvalue weighted by atomic mass is 16.5. The lowest BCUT2D eigenvalue weighted by Crippen LogP contribution is -2.51. The number of anilines is 1. The summed E-state index contributed by atoms with van der Waals surface area (Å²) in [5.41, 5.74) is -1.03. The van der Waals surface area contributed by atoms with E-state index < -0.39 is 11.5 Å². The van der Waals surface area contributed by atoms with E-state index in [0.29, 0.717) is 11.8 Å². The number of hydrogen-bond acceptors (Lipinski definition) is 5. The van der Waals surface area contributed by atoms with Crippen molar-refractivity contribution >= 4 is 12.0 Å². The lowest BCUT2D eigenvalue weighted by molar-refractivity contribution is -0.142. The minimum atomic E-state index is -1.03. The number of aryl methyl sites for hydroxylation is 1. The van der Waals surface area contributed by atoms with Gasteiger partial charge in [-0.3, -0.25) is 0 Å². The van der Waals surface area contributed by atoms with Gasteiger partial charge in [-0.2, -0.15) is 4.98 Å². The van der Waals surface area contributed by atoms with Crippen molar-refractivity contribution in [3.63, 3.8) is 0 Å². The Hall–Kier alpha value is -1.59. The summed E-state index contributed by atoms with van der Waals surface area (Å²) in [6, 6.07) is 0.498. The molecule has 1 saturated carbocycles. The monoisotopic (exact) mass is 225 g/mol. The van der Waals surface area contributed by atoms with Crippen molar-refractivity contribution in [1.82, 2.24) is 10.1 Å². The number of aliphatic carboxylic acids is 1. The molecule has 1 fully saturated rings. The average molecular weight is 225 g/mol. The van der Waals surface area contributed by atoms with E-state index >= 15 is 0 Å². The Morgan fingerprint density at radius 2 is 2.19 bits per heavy atom.